The summed E-state index contributed by atoms with van der Waals surface area (Å²) in [4.78, 5) is 13.8. The molecule has 3 nitrogen and oxygen atoms in total. The van der Waals surface area contributed by atoms with E-state index in [-0.39, 0.29) is 17.5 Å². The van der Waals surface area contributed by atoms with E-state index < -0.39 is 0 Å². The van der Waals surface area contributed by atoms with E-state index >= 15 is 0 Å². The number of piperidine rings is 1. The van der Waals surface area contributed by atoms with Gasteiger partial charge in [-0.2, -0.15) is 0 Å². The first-order valence-corrected chi connectivity index (χ1v) is 6.48. The molecule has 1 aromatic carbocycles. The Bertz CT molecular complexity index is 478. The predicted octanol–water partition coefficient (Wildman–Crippen LogP) is 3.63. The molecule has 17 heavy (non-hydrogen) atoms. The van der Waals surface area contributed by atoms with Crippen LogP contribution in [0.25, 0.3) is 0 Å². The summed E-state index contributed by atoms with van der Waals surface area (Å²) in [6, 6.07) is 5.59. The first-order chi connectivity index (χ1) is 8.15. The van der Waals surface area contributed by atoms with E-state index in [2.05, 4.69) is 5.32 Å². The molecule has 0 aliphatic carbocycles. The number of alkyl halides is 1. The van der Waals surface area contributed by atoms with Crippen LogP contribution in [0, 0.1) is 0 Å². The van der Waals surface area contributed by atoms with E-state index in [9.17, 15) is 4.79 Å². The molecule has 1 unspecified atom stereocenters. The van der Waals surface area contributed by atoms with Gasteiger partial charge in [0.25, 0.3) is 0 Å². The molecule has 0 bridgehead atoms. The lowest BCUT2D eigenvalue weighted by Gasteiger charge is -2.42. The number of carbonyl (C=O) groups is 1. The zero-order valence-corrected chi connectivity index (χ0v) is 10.6. The number of amides is 2. The maximum atomic E-state index is 11.9. The first-order valence-electron chi connectivity index (χ1n) is 5.66. The van der Waals surface area contributed by atoms with Crippen LogP contribution in [-0.4, -0.2) is 22.9 Å². The van der Waals surface area contributed by atoms with Gasteiger partial charge in [0.1, 0.15) is 0 Å². The average molecular weight is 271 g/mol. The Morgan fingerprint density at radius 2 is 2.24 bits per heavy atom. The van der Waals surface area contributed by atoms with E-state index in [1.54, 1.807) is 6.07 Å². The number of anilines is 1. The number of nitrogens with zero attached hydrogens (tertiary/aromatic N) is 1. The van der Waals surface area contributed by atoms with Gasteiger partial charge in [0.2, 0.25) is 0 Å². The standard InChI is InChI=1S/C12H12Cl2N2O/c13-7-1-2-10-9(5-7)11-6-8(14)3-4-16(11)12(17)15-10/h1-2,5,8,11H,3-4,6H2,(H,15,17)/t8?,11-/m1/s1. The Morgan fingerprint density at radius 1 is 1.41 bits per heavy atom. The highest BCUT2D eigenvalue weighted by atomic mass is 35.5. The van der Waals surface area contributed by atoms with Crippen molar-refractivity contribution in [1.82, 2.24) is 4.90 Å². The van der Waals surface area contributed by atoms with E-state index in [0.717, 1.165) is 24.1 Å². The van der Waals surface area contributed by atoms with Gasteiger partial charge in [0.15, 0.2) is 0 Å². The number of carbonyl (C=O) groups excluding carboxylic acids is 1. The Labute approximate surface area is 110 Å². The number of hydrogen-bond donors (Lipinski definition) is 1. The molecule has 1 aromatic rings. The van der Waals surface area contributed by atoms with Gasteiger partial charge in [0, 0.05) is 22.6 Å². The normalized spacial score (nSPS) is 27.2. The molecular formula is C12H12Cl2N2O. The maximum absolute atomic E-state index is 11.9. The highest BCUT2D eigenvalue weighted by Crippen LogP contribution is 2.41. The summed E-state index contributed by atoms with van der Waals surface area (Å²) in [5.74, 6) is 0. The minimum absolute atomic E-state index is 0.0339. The van der Waals surface area contributed by atoms with Crippen LogP contribution in [-0.2, 0) is 0 Å². The third-order valence-electron chi connectivity index (χ3n) is 3.41. The summed E-state index contributed by atoms with van der Waals surface area (Å²) in [5, 5.41) is 3.71. The lowest BCUT2D eigenvalue weighted by molar-refractivity contribution is 0.161. The van der Waals surface area contributed by atoms with Gasteiger partial charge < -0.3 is 10.2 Å². The van der Waals surface area contributed by atoms with Crippen molar-refractivity contribution in [2.75, 3.05) is 11.9 Å². The molecule has 2 atom stereocenters. The summed E-state index contributed by atoms with van der Waals surface area (Å²) in [6.45, 7) is 0.705. The number of urea groups is 1. The molecule has 0 spiro atoms. The van der Waals surface area contributed by atoms with Crippen LogP contribution in [0.4, 0.5) is 10.5 Å². The fourth-order valence-corrected chi connectivity index (χ4v) is 3.02. The van der Waals surface area contributed by atoms with E-state index in [1.807, 2.05) is 17.0 Å². The molecule has 2 aliphatic rings. The summed E-state index contributed by atoms with van der Waals surface area (Å²) < 4.78 is 0. The smallest absolute Gasteiger partial charge is 0.317 e. The van der Waals surface area contributed by atoms with Crippen molar-refractivity contribution in [2.45, 2.75) is 24.3 Å². The molecule has 0 radical (unpaired) electrons. The number of hydrogen-bond acceptors (Lipinski definition) is 1. The molecule has 1 fully saturated rings. The number of halogens is 2. The van der Waals surface area contributed by atoms with Crippen LogP contribution in [0.3, 0.4) is 0 Å². The molecule has 2 aliphatic heterocycles. The molecule has 0 aromatic heterocycles. The minimum atomic E-state index is -0.0339. The van der Waals surface area contributed by atoms with Crippen LogP contribution in [0.5, 0.6) is 0 Å². The number of benzene rings is 1. The molecular weight excluding hydrogens is 259 g/mol. The topological polar surface area (TPSA) is 32.3 Å². The lowest BCUT2D eigenvalue weighted by atomic mass is 9.92. The van der Waals surface area contributed by atoms with Gasteiger partial charge in [-0.05, 0) is 36.6 Å². The van der Waals surface area contributed by atoms with Gasteiger partial charge in [0.05, 0.1) is 6.04 Å². The average Bonchev–Trinajstić information content (AvgIpc) is 2.30. The molecule has 90 valence electrons. The van der Waals surface area contributed by atoms with Crippen molar-refractivity contribution in [3.8, 4) is 0 Å². The Balaban J connectivity index is 2.05. The second kappa shape index (κ2) is 4.07. The fourth-order valence-electron chi connectivity index (χ4n) is 2.57. The molecule has 1 saturated heterocycles. The second-order valence-electron chi connectivity index (χ2n) is 4.49. The largest absolute Gasteiger partial charge is 0.322 e. The first kappa shape index (κ1) is 11.2. The van der Waals surface area contributed by atoms with Gasteiger partial charge >= 0.3 is 6.03 Å². The zero-order chi connectivity index (χ0) is 12.0. The fraction of sp³-hybridized carbons (Fsp3) is 0.417. The van der Waals surface area contributed by atoms with Crippen LogP contribution >= 0.6 is 23.2 Å². The number of rotatable bonds is 0. The van der Waals surface area contributed by atoms with Crippen LogP contribution < -0.4 is 5.32 Å². The quantitative estimate of drug-likeness (QED) is 0.718. The Morgan fingerprint density at radius 3 is 3.06 bits per heavy atom. The molecule has 3 rings (SSSR count). The maximum Gasteiger partial charge on any atom is 0.322 e. The van der Waals surface area contributed by atoms with Crippen LogP contribution in [0.2, 0.25) is 5.02 Å². The van der Waals surface area contributed by atoms with Crippen molar-refractivity contribution in [2.24, 2.45) is 0 Å². The monoisotopic (exact) mass is 270 g/mol. The SMILES string of the molecule is O=C1Nc2ccc(Cl)cc2[C@H]2CC(Cl)CCN12. The van der Waals surface area contributed by atoms with Gasteiger partial charge in [-0.15, -0.1) is 11.6 Å². The highest BCUT2D eigenvalue weighted by Gasteiger charge is 2.36. The van der Waals surface area contributed by atoms with Crippen LogP contribution in [0.1, 0.15) is 24.4 Å². The van der Waals surface area contributed by atoms with E-state index in [1.165, 1.54) is 0 Å². The Hall–Kier alpha value is -0.930. The third kappa shape index (κ3) is 1.87. The highest BCUT2D eigenvalue weighted by molar-refractivity contribution is 6.30. The predicted molar refractivity (Wildman–Crippen MR) is 68.8 cm³/mol. The third-order valence-corrected chi connectivity index (χ3v) is 4.05. The molecule has 2 amide bonds. The minimum Gasteiger partial charge on any atom is -0.317 e. The lowest BCUT2D eigenvalue weighted by Crippen LogP contribution is -2.46. The van der Waals surface area contributed by atoms with Crippen molar-refractivity contribution in [3.05, 3.63) is 28.8 Å². The molecule has 0 saturated carbocycles. The van der Waals surface area contributed by atoms with Crippen molar-refractivity contribution >= 4 is 34.9 Å². The van der Waals surface area contributed by atoms with Gasteiger partial charge in [-0.3, -0.25) is 0 Å². The summed E-state index contributed by atoms with van der Waals surface area (Å²) in [6.07, 6.45) is 1.64. The van der Waals surface area contributed by atoms with Gasteiger partial charge in [-0.25, -0.2) is 4.79 Å². The van der Waals surface area contributed by atoms with Crippen LogP contribution in [0.15, 0.2) is 18.2 Å². The summed E-state index contributed by atoms with van der Waals surface area (Å²) in [5.41, 5.74) is 1.92. The second-order valence-corrected chi connectivity index (χ2v) is 5.55. The Kier molecular flexibility index (Phi) is 2.68. The number of nitrogens with one attached hydrogen (secondary N) is 1. The van der Waals surface area contributed by atoms with E-state index in [0.29, 0.717) is 11.6 Å². The van der Waals surface area contributed by atoms with Crippen molar-refractivity contribution in [1.29, 1.82) is 0 Å². The number of fused-ring (bicyclic) bond motifs is 3. The zero-order valence-electron chi connectivity index (χ0n) is 9.12. The van der Waals surface area contributed by atoms with Gasteiger partial charge in [-0.1, -0.05) is 11.6 Å². The van der Waals surface area contributed by atoms with Crippen molar-refractivity contribution in [3.63, 3.8) is 0 Å². The molecule has 2 heterocycles. The molecule has 1 N–H and O–H groups in total. The summed E-state index contributed by atoms with van der Waals surface area (Å²) in [7, 11) is 0. The summed E-state index contributed by atoms with van der Waals surface area (Å²) >= 11 is 12.2. The van der Waals surface area contributed by atoms with Crippen molar-refractivity contribution < 1.29 is 4.79 Å². The van der Waals surface area contributed by atoms with E-state index in [4.69, 9.17) is 23.2 Å². The molecule has 5 heteroatoms.